The van der Waals surface area contributed by atoms with Crippen molar-refractivity contribution in [1.82, 2.24) is 33.7 Å². The van der Waals surface area contributed by atoms with E-state index in [2.05, 4.69) is 40.9 Å². The molecular weight excluding hydrogens is 382 g/mol. The van der Waals surface area contributed by atoms with Gasteiger partial charge in [-0.2, -0.15) is 0 Å². The van der Waals surface area contributed by atoms with Crippen LogP contribution >= 0.6 is 0 Å². The first-order valence-corrected chi connectivity index (χ1v) is 10.4. The van der Waals surface area contributed by atoms with Crippen LogP contribution in [0.1, 0.15) is 58.8 Å². The van der Waals surface area contributed by atoms with Gasteiger partial charge in [-0.15, -0.1) is 10.2 Å². The lowest BCUT2D eigenvalue weighted by Crippen LogP contribution is -2.39. The molecule has 1 aliphatic rings. The van der Waals surface area contributed by atoms with Gasteiger partial charge in [0.25, 0.3) is 5.56 Å². The van der Waals surface area contributed by atoms with Crippen molar-refractivity contribution in [2.45, 2.75) is 65.0 Å². The molecule has 156 valence electrons. The minimum absolute atomic E-state index is 0.00646. The van der Waals surface area contributed by atoms with E-state index in [9.17, 15) is 9.59 Å². The predicted octanol–water partition coefficient (Wildman–Crippen LogP) is 2.64. The van der Waals surface area contributed by atoms with Crippen LogP contribution in [0.3, 0.4) is 0 Å². The highest BCUT2D eigenvalue weighted by molar-refractivity contribution is 5.75. The number of hydrogen-bond donors (Lipinski definition) is 1. The number of aryl methyl sites for hydroxylation is 1. The van der Waals surface area contributed by atoms with Crippen LogP contribution in [0.2, 0.25) is 0 Å². The van der Waals surface area contributed by atoms with Crippen LogP contribution in [0, 0.1) is 0 Å². The first-order valence-electron chi connectivity index (χ1n) is 10.4. The molecule has 30 heavy (non-hydrogen) atoms. The third-order valence-electron chi connectivity index (χ3n) is 5.52. The molecule has 0 spiro atoms. The maximum Gasteiger partial charge on any atom is 0.333 e. The van der Waals surface area contributed by atoms with Crippen molar-refractivity contribution in [1.29, 1.82) is 0 Å². The van der Waals surface area contributed by atoms with Gasteiger partial charge in [-0.3, -0.25) is 18.3 Å². The molecule has 1 N–H and O–H groups in total. The number of nitrogens with one attached hydrogen (secondary N) is 1. The fourth-order valence-electron chi connectivity index (χ4n) is 3.90. The SMILES string of the molecule is CCCn1c(=O)n(C2CC2)c(=O)c2[nH]c(-c3ccc4nnc(C(C)(C)C)n4c3)nc21. The molecule has 0 radical (unpaired) electrons. The van der Waals surface area contributed by atoms with Gasteiger partial charge in [-0.25, -0.2) is 9.78 Å². The fourth-order valence-corrected chi connectivity index (χ4v) is 3.90. The van der Waals surface area contributed by atoms with Gasteiger partial charge >= 0.3 is 5.69 Å². The van der Waals surface area contributed by atoms with Crippen molar-refractivity contribution < 1.29 is 0 Å². The van der Waals surface area contributed by atoms with E-state index in [1.165, 1.54) is 4.57 Å². The van der Waals surface area contributed by atoms with E-state index in [1.807, 2.05) is 29.7 Å². The summed E-state index contributed by atoms with van der Waals surface area (Å²) in [5, 5.41) is 8.58. The standard InChI is InChI=1S/C21H25N7O2/c1-5-10-26-17-15(18(29)28(20(26)30)13-7-8-13)22-16(23-17)12-6-9-14-24-25-19(21(2,3)4)27(14)11-12/h6,9,11,13H,5,7-8,10H2,1-4H3,(H,22,23). The molecule has 4 aromatic heterocycles. The highest BCUT2D eigenvalue weighted by atomic mass is 16.2. The minimum atomic E-state index is -0.288. The molecule has 1 fully saturated rings. The highest BCUT2D eigenvalue weighted by Crippen LogP contribution is 2.32. The maximum atomic E-state index is 13.0. The van der Waals surface area contributed by atoms with E-state index in [0.717, 1.165) is 36.3 Å². The molecule has 0 unspecified atom stereocenters. The van der Waals surface area contributed by atoms with Crippen LogP contribution in [0.5, 0.6) is 0 Å². The molecule has 0 aliphatic heterocycles. The van der Waals surface area contributed by atoms with Crippen LogP contribution in [0.4, 0.5) is 0 Å². The number of nitrogens with zero attached hydrogens (tertiary/aromatic N) is 6. The average Bonchev–Trinajstić information content (AvgIpc) is 3.26. The van der Waals surface area contributed by atoms with Gasteiger partial charge in [-0.1, -0.05) is 27.7 Å². The van der Waals surface area contributed by atoms with Gasteiger partial charge in [0.2, 0.25) is 0 Å². The van der Waals surface area contributed by atoms with Crippen molar-refractivity contribution in [2.24, 2.45) is 0 Å². The Kier molecular flexibility index (Phi) is 4.00. The number of aromatic amines is 1. The number of imidazole rings is 1. The van der Waals surface area contributed by atoms with E-state index < -0.39 is 0 Å². The maximum absolute atomic E-state index is 13.0. The molecule has 4 heterocycles. The largest absolute Gasteiger partial charge is 0.333 e. The lowest BCUT2D eigenvalue weighted by Gasteiger charge is -2.15. The minimum Gasteiger partial charge on any atom is -0.332 e. The Bertz CT molecular complexity index is 1390. The van der Waals surface area contributed by atoms with E-state index in [4.69, 9.17) is 0 Å². The van der Waals surface area contributed by atoms with Crippen molar-refractivity contribution in [3.8, 4) is 11.4 Å². The van der Waals surface area contributed by atoms with Gasteiger partial charge in [0.15, 0.2) is 11.3 Å². The molecule has 1 aliphatic carbocycles. The van der Waals surface area contributed by atoms with Gasteiger partial charge in [-0.05, 0) is 31.4 Å². The molecule has 0 saturated heterocycles. The van der Waals surface area contributed by atoms with E-state index >= 15 is 0 Å². The number of fused-ring (bicyclic) bond motifs is 2. The molecule has 5 rings (SSSR count). The lowest BCUT2D eigenvalue weighted by molar-refractivity contribution is 0.539. The first-order chi connectivity index (χ1) is 14.3. The summed E-state index contributed by atoms with van der Waals surface area (Å²) in [6, 6.07) is 3.79. The zero-order valence-electron chi connectivity index (χ0n) is 17.6. The Morgan fingerprint density at radius 2 is 1.93 bits per heavy atom. The molecule has 0 atom stereocenters. The first kappa shape index (κ1) is 18.8. The smallest absolute Gasteiger partial charge is 0.332 e. The van der Waals surface area contributed by atoms with Crippen LogP contribution in [-0.4, -0.2) is 33.7 Å². The predicted molar refractivity (Wildman–Crippen MR) is 114 cm³/mol. The Balaban J connectivity index is 1.74. The lowest BCUT2D eigenvalue weighted by atomic mass is 9.96. The summed E-state index contributed by atoms with van der Waals surface area (Å²) in [6.45, 7) is 8.78. The molecule has 4 aromatic rings. The number of aromatic nitrogens is 7. The number of H-pyrrole nitrogens is 1. The average molecular weight is 407 g/mol. The quantitative estimate of drug-likeness (QED) is 0.560. The summed E-state index contributed by atoms with van der Waals surface area (Å²) in [4.78, 5) is 33.9. The van der Waals surface area contributed by atoms with Crippen LogP contribution in [0.25, 0.3) is 28.2 Å². The van der Waals surface area contributed by atoms with Crippen molar-refractivity contribution >= 4 is 16.8 Å². The Morgan fingerprint density at radius 3 is 2.60 bits per heavy atom. The van der Waals surface area contributed by atoms with Crippen LogP contribution in [0.15, 0.2) is 27.9 Å². The molecule has 9 heteroatoms. The third kappa shape index (κ3) is 2.79. The summed E-state index contributed by atoms with van der Waals surface area (Å²) in [7, 11) is 0. The molecule has 9 nitrogen and oxygen atoms in total. The normalized spacial score (nSPS) is 14.8. The van der Waals surface area contributed by atoms with E-state index in [0.29, 0.717) is 23.5 Å². The van der Waals surface area contributed by atoms with Crippen molar-refractivity contribution in [3.63, 3.8) is 0 Å². The van der Waals surface area contributed by atoms with E-state index in [1.54, 1.807) is 4.57 Å². The van der Waals surface area contributed by atoms with Gasteiger partial charge in [0.05, 0.1) is 0 Å². The van der Waals surface area contributed by atoms with Crippen molar-refractivity contribution in [2.75, 3.05) is 0 Å². The van der Waals surface area contributed by atoms with Crippen LogP contribution in [-0.2, 0) is 12.0 Å². The molecule has 1 saturated carbocycles. The molecule has 0 aromatic carbocycles. The highest BCUT2D eigenvalue weighted by Gasteiger charge is 2.30. The topological polar surface area (TPSA) is 103 Å². The second-order valence-electron chi connectivity index (χ2n) is 9.04. The molecule has 0 amide bonds. The summed E-state index contributed by atoms with van der Waals surface area (Å²) >= 11 is 0. The second-order valence-corrected chi connectivity index (χ2v) is 9.04. The summed E-state index contributed by atoms with van der Waals surface area (Å²) < 4.78 is 4.96. The number of rotatable bonds is 4. The summed E-state index contributed by atoms with van der Waals surface area (Å²) in [6.07, 6.45) is 4.44. The number of hydrogen-bond acceptors (Lipinski definition) is 5. The van der Waals surface area contributed by atoms with Crippen molar-refractivity contribution in [3.05, 3.63) is 45.0 Å². The van der Waals surface area contributed by atoms with E-state index in [-0.39, 0.29) is 22.7 Å². The van der Waals surface area contributed by atoms with Gasteiger partial charge in [0, 0.05) is 29.8 Å². The zero-order valence-corrected chi connectivity index (χ0v) is 17.6. The van der Waals surface area contributed by atoms with Crippen LogP contribution < -0.4 is 11.2 Å². The molecule has 0 bridgehead atoms. The molecular formula is C21H25N7O2. The van der Waals surface area contributed by atoms with Gasteiger partial charge < -0.3 is 4.98 Å². The number of pyridine rings is 1. The Hall–Kier alpha value is -3.23. The Labute approximate surface area is 172 Å². The Morgan fingerprint density at radius 1 is 1.17 bits per heavy atom. The second kappa shape index (κ2) is 6.38. The summed E-state index contributed by atoms with van der Waals surface area (Å²) in [5.74, 6) is 1.39. The van der Waals surface area contributed by atoms with Gasteiger partial charge in [0.1, 0.15) is 17.2 Å². The zero-order chi connectivity index (χ0) is 21.2. The fraction of sp³-hybridized carbons (Fsp3) is 0.476. The summed E-state index contributed by atoms with van der Waals surface area (Å²) in [5.41, 5.74) is 1.62. The monoisotopic (exact) mass is 407 g/mol. The third-order valence-corrected chi connectivity index (χ3v) is 5.52.